The molecule has 0 aliphatic rings. The topological polar surface area (TPSA) is 29.1 Å². The van der Waals surface area contributed by atoms with Gasteiger partial charge in [-0.3, -0.25) is 4.79 Å². The van der Waals surface area contributed by atoms with E-state index in [-0.39, 0.29) is 5.91 Å². The summed E-state index contributed by atoms with van der Waals surface area (Å²) in [5.74, 6) is -0.0171. The molecule has 0 fully saturated rings. The minimum absolute atomic E-state index is 0.0171. The van der Waals surface area contributed by atoms with Crippen molar-refractivity contribution in [3.05, 3.63) is 60.2 Å². The Morgan fingerprint density at radius 1 is 1.06 bits per heavy atom. The van der Waals surface area contributed by atoms with E-state index in [1.807, 2.05) is 61.5 Å². The Kier molecular flexibility index (Phi) is 4.42. The molecule has 0 saturated carbocycles. The molecule has 0 saturated heterocycles. The van der Waals surface area contributed by atoms with Crippen LogP contribution in [0.4, 0.5) is 0 Å². The summed E-state index contributed by atoms with van der Waals surface area (Å²) in [4.78, 5) is 14.0. The monoisotopic (exact) mass is 257 g/mol. The van der Waals surface area contributed by atoms with Crippen molar-refractivity contribution in [2.24, 2.45) is 0 Å². The van der Waals surface area contributed by atoms with Gasteiger partial charge in [0.15, 0.2) is 0 Å². The first kappa shape index (κ1) is 12.7. The van der Waals surface area contributed by atoms with E-state index in [2.05, 4.69) is 5.32 Å². The normalized spacial score (nSPS) is 10.1. The predicted octanol–water partition coefficient (Wildman–Crippen LogP) is 3.59. The summed E-state index contributed by atoms with van der Waals surface area (Å²) in [6.45, 7) is 2.56. The standard InChI is InChI=1S/C15H15NOS/c1-2-16-15(17)13-10-6-7-11-14(13)18-12-8-4-3-5-9-12/h3-11H,2H2,1H3,(H,16,17). The van der Waals surface area contributed by atoms with Gasteiger partial charge in [-0.25, -0.2) is 0 Å². The van der Waals surface area contributed by atoms with Crippen molar-refractivity contribution >= 4 is 17.7 Å². The Hall–Kier alpha value is -1.74. The molecule has 0 aliphatic heterocycles. The molecular weight excluding hydrogens is 242 g/mol. The van der Waals surface area contributed by atoms with Crippen LogP contribution in [0.3, 0.4) is 0 Å². The van der Waals surface area contributed by atoms with Gasteiger partial charge in [-0.15, -0.1) is 0 Å². The van der Waals surface area contributed by atoms with E-state index in [0.717, 1.165) is 15.4 Å². The number of benzene rings is 2. The zero-order valence-corrected chi connectivity index (χ0v) is 11.0. The lowest BCUT2D eigenvalue weighted by Crippen LogP contribution is -2.23. The van der Waals surface area contributed by atoms with Gasteiger partial charge in [-0.2, -0.15) is 0 Å². The summed E-state index contributed by atoms with van der Waals surface area (Å²) >= 11 is 1.61. The molecule has 0 aliphatic carbocycles. The highest BCUT2D eigenvalue weighted by atomic mass is 32.2. The molecule has 0 bridgehead atoms. The molecule has 1 amide bonds. The van der Waals surface area contributed by atoms with Gasteiger partial charge in [-0.1, -0.05) is 42.1 Å². The highest BCUT2D eigenvalue weighted by molar-refractivity contribution is 7.99. The van der Waals surface area contributed by atoms with Gasteiger partial charge in [0.1, 0.15) is 0 Å². The number of hydrogen-bond acceptors (Lipinski definition) is 2. The van der Waals surface area contributed by atoms with Crippen molar-refractivity contribution in [2.45, 2.75) is 16.7 Å². The fourth-order valence-corrected chi connectivity index (χ4v) is 2.58. The maximum absolute atomic E-state index is 11.9. The molecule has 0 unspecified atom stereocenters. The lowest BCUT2D eigenvalue weighted by molar-refractivity contribution is 0.0953. The number of carbonyl (C=O) groups is 1. The Morgan fingerprint density at radius 3 is 2.44 bits per heavy atom. The second-order valence-corrected chi connectivity index (χ2v) is 4.89. The second-order valence-electron chi connectivity index (χ2n) is 3.77. The molecule has 0 heterocycles. The molecule has 92 valence electrons. The van der Waals surface area contributed by atoms with Crippen LogP contribution in [-0.4, -0.2) is 12.5 Å². The molecule has 3 heteroatoms. The SMILES string of the molecule is CCNC(=O)c1ccccc1Sc1ccccc1. The molecular formula is C15H15NOS. The smallest absolute Gasteiger partial charge is 0.252 e. The van der Waals surface area contributed by atoms with Crippen LogP contribution in [-0.2, 0) is 0 Å². The van der Waals surface area contributed by atoms with Gasteiger partial charge < -0.3 is 5.32 Å². The summed E-state index contributed by atoms with van der Waals surface area (Å²) in [5.41, 5.74) is 0.730. The highest BCUT2D eigenvalue weighted by Crippen LogP contribution is 2.30. The molecule has 2 aromatic carbocycles. The molecule has 2 rings (SSSR count). The molecule has 0 spiro atoms. The van der Waals surface area contributed by atoms with Gasteiger partial charge >= 0.3 is 0 Å². The second kappa shape index (κ2) is 6.26. The van der Waals surface area contributed by atoms with Crippen LogP contribution < -0.4 is 5.32 Å². The van der Waals surface area contributed by atoms with Crippen LogP contribution in [0.25, 0.3) is 0 Å². The summed E-state index contributed by atoms with van der Waals surface area (Å²) in [7, 11) is 0. The van der Waals surface area contributed by atoms with Crippen LogP contribution in [0.1, 0.15) is 17.3 Å². The van der Waals surface area contributed by atoms with Crippen molar-refractivity contribution in [3.63, 3.8) is 0 Å². The molecule has 18 heavy (non-hydrogen) atoms. The summed E-state index contributed by atoms with van der Waals surface area (Å²) in [6, 6.07) is 17.7. The lowest BCUT2D eigenvalue weighted by Gasteiger charge is -2.08. The third-order valence-electron chi connectivity index (χ3n) is 2.44. The fourth-order valence-electron chi connectivity index (χ4n) is 1.61. The molecule has 0 atom stereocenters. The van der Waals surface area contributed by atoms with Crippen LogP contribution in [0.2, 0.25) is 0 Å². The number of amides is 1. The van der Waals surface area contributed by atoms with E-state index < -0.39 is 0 Å². The molecule has 0 radical (unpaired) electrons. The Labute approximate surface area is 111 Å². The van der Waals surface area contributed by atoms with Crippen molar-refractivity contribution in [2.75, 3.05) is 6.54 Å². The van der Waals surface area contributed by atoms with E-state index in [4.69, 9.17) is 0 Å². The average Bonchev–Trinajstić information content (AvgIpc) is 2.41. The van der Waals surface area contributed by atoms with Crippen molar-refractivity contribution < 1.29 is 4.79 Å². The first-order valence-electron chi connectivity index (χ1n) is 5.91. The Balaban J connectivity index is 2.25. The van der Waals surface area contributed by atoms with Gasteiger partial charge in [-0.05, 0) is 31.2 Å². The number of carbonyl (C=O) groups excluding carboxylic acids is 1. The summed E-state index contributed by atoms with van der Waals surface area (Å²) < 4.78 is 0. The van der Waals surface area contributed by atoms with E-state index >= 15 is 0 Å². The van der Waals surface area contributed by atoms with Crippen LogP contribution in [0.5, 0.6) is 0 Å². The lowest BCUT2D eigenvalue weighted by atomic mass is 10.2. The van der Waals surface area contributed by atoms with E-state index in [1.165, 1.54) is 0 Å². The summed E-state index contributed by atoms with van der Waals surface area (Å²) in [6.07, 6.45) is 0. The van der Waals surface area contributed by atoms with Crippen molar-refractivity contribution in [1.82, 2.24) is 5.32 Å². The summed E-state index contributed by atoms with van der Waals surface area (Å²) in [5, 5.41) is 2.84. The first-order valence-corrected chi connectivity index (χ1v) is 6.73. The highest BCUT2D eigenvalue weighted by Gasteiger charge is 2.10. The Bertz CT molecular complexity index is 525. The third kappa shape index (κ3) is 3.14. The third-order valence-corrected chi connectivity index (χ3v) is 3.52. The minimum Gasteiger partial charge on any atom is -0.352 e. The van der Waals surface area contributed by atoms with E-state index in [9.17, 15) is 4.79 Å². The van der Waals surface area contributed by atoms with Crippen LogP contribution >= 0.6 is 11.8 Å². The van der Waals surface area contributed by atoms with Gasteiger partial charge in [0, 0.05) is 16.3 Å². The van der Waals surface area contributed by atoms with Crippen molar-refractivity contribution in [1.29, 1.82) is 0 Å². The minimum atomic E-state index is -0.0171. The van der Waals surface area contributed by atoms with Crippen LogP contribution in [0, 0.1) is 0 Å². The van der Waals surface area contributed by atoms with Gasteiger partial charge in [0.2, 0.25) is 0 Å². The zero-order chi connectivity index (χ0) is 12.8. The average molecular weight is 257 g/mol. The van der Waals surface area contributed by atoms with E-state index in [0.29, 0.717) is 6.54 Å². The van der Waals surface area contributed by atoms with Crippen LogP contribution in [0.15, 0.2) is 64.4 Å². The molecule has 2 aromatic rings. The molecule has 1 N–H and O–H groups in total. The Morgan fingerprint density at radius 2 is 1.72 bits per heavy atom. The van der Waals surface area contributed by atoms with Gasteiger partial charge in [0.05, 0.1) is 5.56 Å². The maximum Gasteiger partial charge on any atom is 0.252 e. The van der Waals surface area contributed by atoms with Gasteiger partial charge in [0.25, 0.3) is 5.91 Å². The number of rotatable bonds is 4. The van der Waals surface area contributed by atoms with E-state index in [1.54, 1.807) is 11.8 Å². The van der Waals surface area contributed by atoms with Crippen molar-refractivity contribution in [3.8, 4) is 0 Å². The first-order chi connectivity index (χ1) is 8.81. The quantitative estimate of drug-likeness (QED) is 0.907. The zero-order valence-electron chi connectivity index (χ0n) is 10.2. The molecule has 2 nitrogen and oxygen atoms in total. The fraction of sp³-hybridized carbons (Fsp3) is 0.133. The largest absolute Gasteiger partial charge is 0.352 e. The number of hydrogen-bond donors (Lipinski definition) is 1. The maximum atomic E-state index is 11.9. The predicted molar refractivity (Wildman–Crippen MR) is 75.0 cm³/mol. The number of nitrogens with one attached hydrogen (secondary N) is 1. The molecule has 0 aromatic heterocycles.